The Morgan fingerprint density at radius 3 is 2.14 bits per heavy atom. The third-order valence-corrected chi connectivity index (χ3v) is 5.56. The molecule has 0 saturated heterocycles. The van der Waals surface area contributed by atoms with Gasteiger partial charge in [-0.3, -0.25) is 9.98 Å². The van der Waals surface area contributed by atoms with E-state index in [1.807, 2.05) is 19.9 Å². The predicted molar refractivity (Wildman–Crippen MR) is 139 cm³/mol. The molecule has 2 aromatic rings. The van der Waals surface area contributed by atoms with Crippen LogP contribution in [0.1, 0.15) is 56.4 Å². The van der Waals surface area contributed by atoms with Gasteiger partial charge in [-0.05, 0) is 37.6 Å². The van der Waals surface area contributed by atoms with Crippen LogP contribution in [0, 0.1) is 5.82 Å². The van der Waals surface area contributed by atoms with Gasteiger partial charge < -0.3 is 0 Å². The molecule has 2 heterocycles. The minimum atomic E-state index is -3.20. The summed E-state index contributed by atoms with van der Waals surface area (Å²) in [5.41, 5.74) is 2.40. The van der Waals surface area contributed by atoms with Gasteiger partial charge >= 0.3 is 0 Å². The van der Waals surface area contributed by atoms with Crippen LogP contribution in [0.15, 0.2) is 86.0 Å². The minimum Gasteiger partial charge on any atom is -0.294 e. The van der Waals surface area contributed by atoms with Crippen LogP contribution >= 0.6 is 0 Å². The average Bonchev–Trinajstić information content (AvgIpc) is 3.21. The number of allylic oxidation sites excluding steroid dienone is 4. The zero-order valence-corrected chi connectivity index (χ0v) is 21.2. The number of rotatable bonds is 6. The number of benzene rings is 2. The number of halogens is 5. The van der Waals surface area contributed by atoms with Gasteiger partial charge in [0.2, 0.25) is 0 Å². The molecule has 9 heteroatoms. The Balaban J connectivity index is 0.000000208. The van der Waals surface area contributed by atoms with Crippen LogP contribution in [0.4, 0.5) is 22.0 Å². The molecule has 0 radical (unpaired) electrons. The average molecular weight is 515 g/mol. The molecule has 2 aromatic carbocycles. The van der Waals surface area contributed by atoms with Crippen molar-refractivity contribution in [3.63, 3.8) is 0 Å². The van der Waals surface area contributed by atoms with Crippen molar-refractivity contribution in [1.82, 2.24) is 0 Å². The lowest BCUT2D eigenvalue weighted by Crippen LogP contribution is -2.19. The van der Waals surface area contributed by atoms with Gasteiger partial charge in [-0.25, -0.2) is 31.9 Å². The SMILES string of the molecule is C/C=C1/N=C(c2ccccc2F)N=C1C=NC.CCC1=CC(c2ccc(C(C)(F)F)cc2C(C)(F)F)=N1. The second-order valence-corrected chi connectivity index (χ2v) is 8.50. The lowest BCUT2D eigenvalue weighted by molar-refractivity contribution is 0.0105. The summed E-state index contributed by atoms with van der Waals surface area (Å²) >= 11 is 0. The Bertz CT molecular complexity index is 1350. The van der Waals surface area contributed by atoms with Crippen LogP contribution < -0.4 is 0 Å². The third-order valence-electron chi connectivity index (χ3n) is 5.56. The van der Waals surface area contributed by atoms with E-state index in [9.17, 15) is 22.0 Å². The van der Waals surface area contributed by atoms with Crippen LogP contribution in [0.2, 0.25) is 0 Å². The van der Waals surface area contributed by atoms with E-state index >= 15 is 0 Å². The number of nitrogens with zero attached hydrogens (tertiary/aromatic N) is 4. The Kier molecular flexibility index (Phi) is 8.35. The number of alkyl halides is 4. The summed E-state index contributed by atoms with van der Waals surface area (Å²) < 4.78 is 67.5. The summed E-state index contributed by atoms with van der Waals surface area (Å²) in [6, 6.07) is 9.80. The maximum absolute atomic E-state index is 13.7. The quantitative estimate of drug-likeness (QED) is 0.281. The molecule has 2 aliphatic rings. The molecule has 0 saturated carbocycles. The standard InChI is InChI=1S/C15H15F4N.C13H12FN3/c1-4-10-8-13(20-10)11-6-5-9(14(2,16)17)7-12(11)15(3,18)19;1-3-11-12(8-15-2)17-13(16-11)9-6-4-5-7-10(9)14/h5-8H,4H2,1-3H3;3-8H,1-2H3/b;11-3+,15-8?. The van der Waals surface area contributed by atoms with Gasteiger partial charge in [0.05, 0.1) is 17.0 Å². The smallest absolute Gasteiger partial charge is 0.271 e. The predicted octanol–water partition coefficient (Wildman–Crippen LogP) is 7.64. The first kappa shape index (κ1) is 27.8. The first-order valence-corrected chi connectivity index (χ1v) is 11.6. The molecule has 4 nitrogen and oxygen atoms in total. The number of amidine groups is 1. The van der Waals surface area contributed by atoms with Gasteiger partial charge in [-0.2, -0.15) is 0 Å². The van der Waals surface area contributed by atoms with Crippen molar-refractivity contribution in [2.24, 2.45) is 20.0 Å². The van der Waals surface area contributed by atoms with E-state index in [0.717, 1.165) is 11.8 Å². The lowest BCUT2D eigenvalue weighted by Gasteiger charge is -2.22. The van der Waals surface area contributed by atoms with E-state index in [0.29, 0.717) is 48.8 Å². The van der Waals surface area contributed by atoms with Gasteiger partial charge in [0, 0.05) is 49.5 Å². The normalized spacial score (nSPS) is 16.5. The first-order valence-electron chi connectivity index (χ1n) is 11.6. The summed E-state index contributed by atoms with van der Waals surface area (Å²) in [7, 11) is 1.66. The molecule has 0 aromatic heterocycles. The Morgan fingerprint density at radius 2 is 1.59 bits per heavy atom. The topological polar surface area (TPSA) is 49.4 Å². The third kappa shape index (κ3) is 6.53. The number of aliphatic imine (C=N–C) groups is 4. The molecule has 2 aliphatic heterocycles. The highest BCUT2D eigenvalue weighted by Crippen LogP contribution is 2.37. The lowest BCUT2D eigenvalue weighted by atomic mass is 9.92. The zero-order chi connectivity index (χ0) is 27.4. The summed E-state index contributed by atoms with van der Waals surface area (Å²) in [6.07, 6.45) is 5.86. The van der Waals surface area contributed by atoms with E-state index in [4.69, 9.17) is 0 Å². The molecule has 0 atom stereocenters. The molecule has 0 bridgehead atoms. The van der Waals surface area contributed by atoms with Crippen molar-refractivity contribution in [2.45, 2.75) is 46.0 Å². The van der Waals surface area contributed by atoms with E-state index in [2.05, 4.69) is 20.0 Å². The van der Waals surface area contributed by atoms with Crippen molar-refractivity contribution in [2.75, 3.05) is 7.05 Å². The molecule has 0 N–H and O–H groups in total. The summed E-state index contributed by atoms with van der Waals surface area (Å²) in [6.45, 7) is 5.16. The van der Waals surface area contributed by atoms with Gasteiger partial charge in [-0.15, -0.1) is 0 Å². The zero-order valence-electron chi connectivity index (χ0n) is 21.2. The first-order chi connectivity index (χ1) is 17.4. The van der Waals surface area contributed by atoms with Gasteiger partial charge in [0.1, 0.15) is 11.5 Å². The molecule has 0 aliphatic carbocycles. The van der Waals surface area contributed by atoms with Crippen LogP contribution in [0.5, 0.6) is 0 Å². The molecule has 0 spiro atoms. The van der Waals surface area contributed by atoms with Gasteiger partial charge in [0.25, 0.3) is 11.8 Å². The van der Waals surface area contributed by atoms with Gasteiger partial charge in [0.15, 0.2) is 5.84 Å². The summed E-state index contributed by atoms with van der Waals surface area (Å²) in [5, 5.41) is 0. The Morgan fingerprint density at radius 1 is 0.919 bits per heavy atom. The second-order valence-electron chi connectivity index (χ2n) is 8.50. The van der Waals surface area contributed by atoms with Crippen LogP contribution in [0.3, 0.4) is 0 Å². The highest BCUT2D eigenvalue weighted by atomic mass is 19.3. The minimum absolute atomic E-state index is 0.211. The Hall–Kier alpha value is -3.75. The molecule has 37 heavy (non-hydrogen) atoms. The maximum Gasteiger partial charge on any atom is 0.271 e. The van der Waals surface area contributed by atoms with Crippen LogP contribution in [-0.2, 0) is 11.8 Å². The second kappa shape index (κ2) is 11.1. The van der Waals surface area contributed by atoms with Gasteiger partial charge in [-0.1, -0.05) is 37.3 Å². The molecular weight excluding hydrogens is 487 g/mol. The molecule has 0 unspecified atom stereocenters. The Labute approximate surface area is 212 Å². The van der Waals surface area contributed by atoms with Crippen molar-refractivity contribution in [3.8, 4) is 0 Å². The van der Waals surface area contributed by atoms with E-state index in [1.54, 1.807) is 37.5 Å². The molecule has 4 rings (SSSR count). The van der Waals surface area contributed by atoms with Crippen molar-refractivity contribution in [3.05, 3.63) is 94.1 Å². The van der Waals surface area contributed by atoms with Crippen molar-refractivity contribution < 1.29 is 22.0 Å². The van der Waals surface area contributed by atoms with E-state index in [-0.39, 0.29) is 11.4 Å². The highest BCUT2D eigenvalue weighted by Gasteiger charge is 2.33. The molecule has 194 valence electrons. The highest BCUT2D eigenvalue weighted by molar-refractivity contribution is 6.42. The van der Waals surface area contributed by atoms with E-state index < -0.39 is 23.0 Å². The maximum atomic E-state index is 13.7. The molecule has 0 amide bonds. The monoisotopic (exact) mass is 514 g/mol. The fourth-order valence-electron chi connectivity index (χ4n) is 3.59. The fraction of sp³-hybridized carbons (Fsp3) is 0.286. The molecular formula is C28H27F5N4. The number of hydrogen-bond donors (Lipinski definition) is 0. The van der Waals surface area contributed by atoms with Crippen LogP contribution in [-0.4, -0.2) is 30.5 Å². The summed E-state index contributed by atoms with van der Waals surface area (Å²) in [4.78, 5) is 16.6. The van der Waals surface area contributed by atoms with Crippen molar-refractivity contribution in [1.29, 1.82) is 0 Å². The summed E-state index contributed by atoms with van der Waals surface area (Å²) in [5.74, 6) is -6.27. The number of hydrogen-bond acceptors (Lipinski definition) is 4. The fourth-order valence-corrected chi connectivity index (χ4v) is 3.59. The van der Waals surface area contributed by atoms with Crippen molar-refractivity contribution >= 4 is 23.5 Å². The van der Waals surface area contributed by atoms with Crippen LogP contribution in [0.25, 0.3) is 0 Å². The molecule has 0 fully saturated rings. The van der Waals surface area contributed by atoms with E-state index in [1.165, 1.54) is 18.2 Å². The largest absolute Gasteiger partial charge is 0.294 e.